The number of aryl methyl sites for hydroxylation is 1. The highest BCUT2D eigenvalue weighted by atomic mass is 32.1. The normalized spacial score (nSPS) is 19.6. The third-order valence-electron chi connectivity index (χ3n) is 3.33. The predicted octanol–water partition coefficient (Wildman–Crippen LogP) is 2.46. The molecule has 1 aliphatic rings. The van der Waals surface area contributed by atoms with Gasteiger partial charge >= 0.3 is 0 Å². The van der Waals surface area contributed by atoms with Crippen LogP contribution in [0.4, 0.5) is 0 Å². The molecule has 0 spiro atoms. The van der Waals surface area contributed by atoms with E-state index < -0.39 is 0 Å². The first kappa shape index (κ1) is 12.3. The Hall–Kier alpha value is -1.69. The van der Waals surface area contributed by atoms with Crippen molar-refractivity contribution >= 4 is 17.2 Å². The fourth-order valence-electron chi connectivity index (χ4n) is 2.40. The van der Waals surface area contributed by atoms with Crippen LogP contribution in [0.3, 0.4) is 0 Å². The largest absolute Gasteiger partial charge is 0.339 e. The van der Waals surface area contributed by atoms with Crippen LogP contribution in [0.2, 0.25) is 0 Å². The Morgan fingerprint density at radius 2 is 2.47 bits per heavy atom. The van der Waals surface area contributed by atoms with E-state index in [0.717, 1.165) is 24.3 Å². The van der Waals surface area contributed by atoms with E-state index in [2.05, 4.69) is 10.1 Å². The summed E-state index contributed by atoms with van der Waals surface area (Å²) in [5.74, 6) is 1.58. The third kappa shape index (κ3) is 2.53. The van der Waals surface area contributed by atoms with Gasteiger partial charge in [-0.15, -0.1) is 11.3 Å². The van der Waals surface area contributed by atoms with E-state index in [1.165, 1.54) is 11.3 Å². The molecule has 1 amide bonds. The molecule has 2 aromatic heterocycles. The summed E-state index contributed by atoms with van der Waals surface area (Å²) in [6, 6.07) is 3.77. The first-order chi connectivity index (χ1) is 9.24. The molecule has 0 saturated carbocycles. The van der Waals surface area contributed by atoms with Crippen molar-refractivity contribution in [2.24, 2.45) is 0 Å². The number of likely N-dealkylation sites (tertiary alicyclic amines) is 1. The van der Waals surface area contributed by atoms with Crippen LogP contribution < -0.4 is 0 Å². The monoisotopic (exact) mass is 277 g/mol. The second-order valence-corrected chi connectivity index (χ2v) is 5.70. The molecule has 3 rings (SSSR count). The lowest BCUT2D eigenvalue weighted by Gasteiger charge is -2.30. The van der Waals surface area contributed by atoms with Crippen molar-refractivity contribution in [1.29, 1.82) is 0 Å². The summed E-state index contributed by atoms with van der Waals surface area (Å²) in [5.41, 5.74) is 0. The Balaban J connectivity index is 1.73. The van der Waals surface area contributed by atoms with E-state index in [4.69, 9.17) is 4.52 Å². The van der Waals surface area contributed by atoms with Crippen LogP contribution in [-0.4, -0.2) is 34.0 Å². The van der Waals surface area contributed by atoms with E-state index in [-0.39, 0.29) is 11.8 Å². The Morgan fingerprint density at radius 3 is 3.16 bits per heavy atom. The molecule has 1 saturated heterocycles. The van der Waals surface area contributed by atoms with Crippen molar-refractivity contribution in [2.45, 2.75) is 25.7 Å². The number of rotatable bonds is 2. The molecule has 100 valence electrons. The van der Waals surface area contributed by atoms with Gasteiger partial charge < -0.3 is 9.42 Å². The van der Waals surface area contributed by atoms with Gasteiger partial charge in [-0.1, -0.05) is 11.2 Å². The maximum atomic E-state index is 12.3. The Bertz CT molecular complexity index is 564. The zero-order valence-electron chi connectivity index (χ0n) is 10.7. The van der Waals surface area contributed by atoms with Crippen LogP contribution in [0.15, 0.2) is 22.0 Å². The fraction of sp³-hybridized carbons (Fsp3) is 0.462. The minimum Gasteiger partial charge on any atom is -0.339 e. The molecule has 5 nitrogen and oxygen atoms in total. The van der Waals surface area contributed by atoms with E-state index in [0.29, 0.717) is 18.3 Å². The highest BCUT2D eigenvalue weighted by molar-refractivity contribution is 7.12. The molecule has 0 unspecified atom stereocenters. The molecule has 2 aromatic rings. The van der Waals surface area contributed by atoms with E-state index in [9.17, 15) is 4.79 Å². The number of carbonyl (C=O) groups is 1. The molecular weight excluding hydrogens is 262 g/mol. The minimum absolute atomic E-state index is 0.107. The Kier molecular flexibility index (Phi) is 3.33. The number of amides is 1. The molecule has 1 atom stereocenters. The molecule has 0 aliphatic carbocycles. The smallest absolute Gasteiger partial charge is 0.263 e. The number of hydrogen-bond acceptors (Lipinski definition) is 5. The summed E-state index contributed by atoms with van der Waals surface area (Å²) in [7, 11) is 0. The van der Waals surface area contributed by atoms with Crippen LogP contribution in [0.25, 0.3) is 0 Å². The first-order valence-corrected chi connectivity index (χ1v) is 7.25. The average Bonchev–Trinajstić information content (AvgIpc) is 3.09. The number of aromatic nitrogens is 2. The zero-order chi connectivity index (χ0) is 13.2. The second-order valence-electron chi connectivity index (χ2n) is 4.75. The molecule has 0 radical (unpaired) electrons. The van der Waals surface area contributed by atoms with Crippen LogP contribution in [0.5, 0.6) is 0 Å². The molecule has 19 heavy (non-hydrogen) atoms. The van der Waals surface area contributed by atoms with Crippen LogP contribution in [-0.2, 0) is 0 Å². The predicted molar refractivity (Wildman–Crippen MR) is 71.2 cm³/mol. The molecule has 0 bridgehead atoms. The van der Waals surface area contributed by atoms with E-state index >= 15 is 0 Å². The van der Waals surface area contributed by atoms with Gasteiger partial charge in [0.2, 0.25) is 5.89 Å². The summed E-state index contributed by atoms with van der Waals surface area (Å²) >= 11 is 1.48. The lowest BCUT2D eigenvalue weighted by atomic mass is 9.98. The van der Waals surface area contributed by atoms with Gasteiger partial charge in [0.1, 0.15) is 0 Å². The lowest BCUT2D eigenvalue weighted by molar-refractivity contribution is 0.0700. The number of carbonyl (C=O) groups excluding carboxylic acids is 1. The van der Waals surface area contributed by atoms with Gasteiger partial charge in [0.05, 0.1) is 10.8 Å². The fourth-order valence-corrected chi connectivity index (χ4v) is 3.09. The van der Waals surface area contributed by atoms with Gasteiger partial charge in [-0.05, 0) is 31.2 Å². The van der Waals surface area contributed by atoms with Crippen molar-refractivity contribution in [2.75, 3.05) is 13.1 Å². The highest BCUT2D eigenvalue weighted by Crippen LogP contribution is 2.27. The van der Waals surface area contributed by atoms with Crippen LogP contribution >= 0.6 is 11.3 Å². The summed E-state index contributed by atoms with van der Waals surface area (Å²) in [6.07, 6.45) is 1.97. The molecule has 1 aliphatic heterocycles. The topological polar surface area (TPSA) is 59.2 Å². The molecule has 0 N–H and O–H groups in total. The van der Waals surface area contributed by atoms with Crippen molar-refractivity contribution < 1.29 is 9.32 Å². The molecule has 1 fully saturated rings. The minimum atomic E-state index is 0.107. The van der Waals surface area contributed by atoms with E-state index in [1.54, 1.807) is 0 Å². The quantitative estimate of drug-likeness (QED) is 0.846. The number of hydrogen-bond donors (Lipinski definition) is 0. The zero-order valence-corrected chi connectivity index (χ0v) is 11.5. The van der Waals surface area contributed by atoms with Gasteiger partial charge in [-0.2, -0.15) is 4.98 Å². The van der Waals surface area contributed by atoms with Gasteiger partial charge in [-0.25, -0.2) is 0 Å². The molecule has 6 heteroatoms. The summed E-state index contributed by atoms with van der Waals surface area (Å²) in [6.45, 7) is 3.28. The average molecular weight is 277 g/mol. The molecule has 3 heterocycles. The Labute approximate surface area is 115 Å². The van der Waals surface area contributed by atoms with Crippen molar-refractivity contribution in [3.05, 3.63) is 34.1 Å². The number of piperidine rings is 1. The van der Waals surface area contributed by atoms with Gasteiger partial charge in [0.25, 0.3) is 5.91 Å². The third-order valence-corrected chi connectivity index (χ3v) is 4.19. The van der Waals surface area contributed by atoms with Gasteiger partial charge in [0, 0.05) is 13.1 Å². The molecule has 0 aromatic carbocycles. The number of thiophene rings is 1. The highest BCUT2D eigenvalue weighted by Gasteiger charge is 2.28. The second kappa shape index (κ2) is 5.13. The summed E-state index contributed by atoms with van der Waals surface area (Å²) in [4.78, 5) is 19.3. The van der Waals surface area contributed by atoms with Crippen LogP contribution in [0, 0.1) is 6.92 Å². The van der Waals surface area contributed by atoms with Gasteiger partial charge in [0.15, 0.2) is 5.82 Å². The first-order valence-electron chi connectivity index (χ1n) is 6.37. The van der Waals surface area contributed by atoms with Crippen LogP contribution in [0.1, 0.15) is 40.1 Å². The van der Waals surface area contributed by atoms with Gasteiger partial charge in [-0.3, -0.25) is 4.79 Å². The number of nitrogens with zero attached hydrogens (tertiary/aromatic N) is 3. The summed E-state index contributed by atoms with van der Waals surface area (Å²) < 4.78 is 5.23. The van der Waals surface area contributed by atoms with Crippen molar-refractivity contribution in [3.63, 3.8) is 0 Å². The SMILES string of the molecule is Cc1noc([C@H]2CCCN(C(=O)c3cccs3)C2)n1. The maximum absolute atomic E-state index is 12.3. The lowest BCUT2D eigenvalue weighted by Crippen LogP contribution is -2.38. The van der Waals surface area contributed by atoms with E-state index in [1.807, 2.05) is 29.3 Å². The maximum Gasteiger partial charge on any atom is 0.263 e. The van der Waals surface area contributed by atoms with Crippen molar-refractivity contribution in [1.82, 2.24) is 15.0 Å². The standard InChI is InChI=1S/C13H15N3O2S/c1-9-14-12(18-15-9)10-4-2-6-16(8-10)13(17)11-5-3-7-19-11/h3,5,7,10H,2,4,6,8H2,1H3/t10-/m0/s1. The van der Waals surface area contributed by atoms with Crippen molar-refractivity contribution in [3.8, 4) is 0 Å². The Morgan fingerprint density at radius 1 is 1.58 bits per heavy atom. The molecular formula is C13H15N3O2S. The summed E-state index contributed by atoms with van der Waals surface area (Å²) in [5, 5.41) is 5.75.